The summed E-state index contributed by atoms with van der Waals surface area (Å²) in [6.45, 7) is 14.6. The van der Waals surface area contributed by atoms with Gasteiger partial charge < -0.3 is 0 Å². The van der Waals surface area contributed by atoms with Gasteiger partial charge in [0.2, 0.25) is 0 Å². The van der Waals surface area contributed by atoms with Gasteiger partial charge in [0.15, 0.2) is 0 Å². The van der Waals surface area contributed by atoms with E-state index < -0.39 is 0 Å². The van der Waals surface area contributed by atoms with Crippen LogP contribution in [0, 0.1) is 22.7 Å². The fourth-order valence-electron chi connectivity index (χ4n) is 2.81. The summed E-state index contributed by atoms with van der Waals surface area (Å²) in [7, 11) is 0. The van der Waals surface area contributed by atoms with Crippen LogP contribution in [0.2, 0.25) is 0 Å². The Morgan fingerprint density at radius 3 is 1.38 bits per heavy atom. The van der Waals surface area contributed by atoms with Gasteiger partial charge in [-0.05, 0) is 35.5 Å². The van der Waals surface area contributed by atoms with E-state index in [4.69, 9.17) is 0 Å². The summed E-state index contributed by atoms with van der Waals surface area (Å²) >= 11 is 0. The molecule has 0 nitrogen and oxygen atoms in total. The molecule has 2 atom stereocenters. The average Bonchev–Trinajstić information content (AvgIpc) is 2.04. The summed E-state index contributed by atoms with van der Waals surface area (Å²) in [6.07, 6.45) is 4.22. The van der Waals surface area contributed by atoms with Gasteiger partial charge >= 0.3 is 0 Å². The lowest BCUT2D eigenvalue weighted by molar-refractivity contribution is 0.0992. The maximum absolute atomic E-state index is 2.44. The topological polar surface area (TPSA) is 0 Å². The van der Waals surface area contributed by atoms with Crippen molar-refractivity contribution in [2.45, 2.75) is 60.8 Å². The van der Waals surface area contributed by atoms with E-state index in [0.29, 0.717) is 10.8 Å². The van der Waals surface area contributed by atoms with Crippen LogP contribution in [-0.2, 0) is 0 Å². The van der Waals surface area contributed by atoms with E-state index in [2.05, 4.69) is 41.5 Å². The molecular weight excluding hydrogens is 156 g/mol. The van der Waals surface area contributed by atoms with E-state index in [9.17, 15) is 0 Å². The highest BCUT2D eigenvalue weighted by molar-refractivity contribution is 4.89. The van der Waals surface area contributed by atoms with Crippen molar-refractivity contribution in [3.05, 3.63) is 0 Å². The predicted molar refractivity (Wildman–Crippen MR) is 59.7 cm³/mol. The zero-order valence-corrected chi connectivity index (χ0v) is 10.3. The van der Waals surface area contributed by atoms with E-state index in [-0.39, 0.29) is 0 Å². The van der Waals surface area contributed by atoms with Crippen LogP contribution in [0.1, 0.15) is 60.8 Å². The molecule has 13 heavy (non-hydrogen) atoms. The first kappa shape index (κ1) is 11.1. The van der Waals surface area contributed by atoms with Crippen molar-refractivity contribution in [2.24, 2.45) is 22.7 Å². The van der Waals surface area contributed by atoms with Gasteiger partial charge in [-0.3, -0.25) is 0 Å². The largest absolute Gasteiger partial charge is 0.0617 e. The summed E-state index contributed by atoms with van der Waals surface area (Å²) in [4.78, 5) is 0. The van der Waals surface area contributed by atoms with E-state index in [1.807, 2.05) is 0 Å². The summed E-state index contributed by atoms with van der Waals surface area (Å²) in [5.74, 6) is 1.70. The lowest BCUT2D eigenvalue weighted by atomic mass is 9.66. The summed E-state index contributed by atoms with van der Waals surface area (Å²) in [5.41, 5.74) is 1.10. The molecule has 1 saturated carbocycles. The van der Waals surface area contributed by atoms with Gasteiger partial charge in [0.25, 0.3) is 0 Å². The van der Waals surface area contributed by atoms with Crippen LogP contribution >= 0.6 is 0 Å². The molecule has 0 aromatic heterocycles. The Hall–Kier alpha value is 0. The Morgan fingerprint density at radius 1 is 0.769 bits per heavy atom. The third-order valence-electron chi connectivity index (χ3n) is 4.86. The van der Waals surface area contributed by atoms with Crippen molar-refractivity contribution in [1.82, 2.24) is 0 Å². The summed E-state index contributed by atoms with van der Waals surface area (Å²) in [6, 6.07) is 0. The van der Waals surface area contributed by atoms with E-state index in [0.717, 1.165) is 11.8 Å². The minimum Gasteiger partial charge on any atom is -0.0617 e. The minimum absolute atomic E-state index is 0.549. The molecule has 1 aliphatic rings. The Labute approximate surface area is 84.1 Å². The van der Waals surface area contributed by atoms with Crippen molar-refractivity contribution < 1.29 is 0 Å². The molecule has 0 aromatic rings. The van der Waals surface area contributed by atoms with Crippen LogP contribution in [0.3, 0.4) is 0 Å². The van der Waals surface area contributed by atoms with Gasteiger partial charge in [-0.25, -0.2) is 0 Å². The average molecular weight is 182 g/mol. The standard InChI is InChI=1S/C13H26/c1-10-11(2)13(5,6)9-7-8-12(10,3)4/h10-11H,7-9H2,1-6H3. The predicted octanol–water partition coefficient (Wildman–Crippen LogP) is 4.49. The molecule has 0 aliphatic heterocycles. The highest BCUT2D eigenvalue weighted by Gasteiger charge is 2.40. The third-order valence-corrected chi connectivity index (χ3v) is 4.86. The second-order valence-electron chi connectivity index (χ2n) is 6.41. The van der Waals surface area contributed by atoms with Crippen molar-refractivity contribution >= 4 is 0 Å². The van der Waals surface area contributed by atoms with Crippen molar-refractivity contribution in [3.63, 3.8) is 0 Å². The fraction of sp³-hybridized carbons (Fsp3) is 1.00. The van der Waals surface area contributed by atoms with Crippen LogP contribution in [-0.4, -0.2) is 0 Å². The first-order valence-electron chi connectivity index (χ1n) is 5.77. The molecule has 0 bridgehead atoms. The molecule has 0 saturated heterocycles. The van der Waals surface area contributed by atoms with Crippen LogP contribution in [0.15, 0.2) is 0 Å². The molecule has 1 aliphatic carbocycles. The normalized spacial score (nSPS) is 38.3. The molecule has 1 rings (SSSR count). The Bertz CT molecular complexity index is 156. The molecule has 0 heterocycles. The highest BCUT2D eigenvalue weighted by atomic mass is 14.4. The summed E-state index contributed by atoms with van der Waals surface area (Å²) in [5, 5.41) is 0. The third kappa shape index (κ3) is 2.08. The molecule has 2 unspecified atom stereocenters. The number of hydrogen-bond acceptors (Lipinski definition) is 0. The van der Waals surface area contributed by atoms with Gasteiger partial charge in [0.05, 0.1) is 0 Å². The second kappa shape index (κ2) is 3.29. The van der Waals surface area contributed by atoms with Crippen molar-refractivity contribution in [2.75, 3.05) is 0 Å². The van der Waals surface area contributed by atoms with Gasteiger partial charge in [-0.1, -0.05) is 48.0 Å². The van der Waals surface area contributed by atoms with E-state index in [1.54, 1.807) is 0 Å². The SMILES string of the molecule is CC1C(C)C(C)(C)CCCC1(C)C. The monoisotopic (exact) mass is 182 g/mol. The van der Waals surface area contributed by atoms with Crippen LogP contribution in [0.4, 0.5) is 0 Å². The van der Waals surface area contributed by atoms with Crippen LogP contribution in [0.5, 0.6) is 0 Å². The molecular formula is C13H26. The molecule has 78 valence electrons. The fourth-order valence-corrected chi connectivity index (χ4v) is 2.81. The maximum Gasteiger partial charge on any atom is -0.0326 e. The molecule has 0 aromatic carbocycles. The first-order valence-corrected chi connectivity index (χ1v) is 5.77. The molecule has 0 spiro atoms. The summed E-state index contributed by atoms with van der Waals surface area (Å²) < 4.78 is 0. The molecule has 0 amide bonds. The lowest BCUT2D eigenvalue weighted by Gasteiger charge is -2.39. The Balaban J connectivity index is 2.87. The Morgan fingerprint density at radius 2 is 1.08 bits per heavy atom. The lowest BCUT2D eigenvalue weighted by Crippen LogP contribution is -2.32. The minimum atomic E-state index is 0.549. The van der Waals surface area contributed by atoms with Crippen LogP contribution in [0.25, 0.3) is 0 Å². The quantitative estimate of drug-likeness (QED) is 0.484. The molecule has 0 N–H and O–H groups in total. The molecule has 0 radical (unpaired) electrons. The van der Waals surface area contributed by atoms with Crippen LogP contribution < -0.4 is 0 Å². The second-order valence-corrected chi connectivity index (χ2v) is 6.41. The van der Waals surface area contributed by atoms with Crippen molar-refractivity contribution in [3.8, 4) is 0 Å². The van der Waals surface area contributed by atoms with Gasteiger partial charge in [-0.2, -0.15) is 0 Å². The zero-order valence-electron chi connectivity index (χ0n) is 10.3. The smallest absolute Gasteiger partial charge is 0.0326 e. The molecule has 1 fully saturated rings. The van der Waals surface area contributed by atoms with Gasteiger partial charge in [0.1, 0.15) is 0 Å². The zero-order chi connectivity index (χ0) is 10.3. The van der Waals surface area contributed by atoms with E-state index in [1.165, 1.54) is 19.3 Å². The Kier molecular flexibility index (Phi) is 2.81. The maximum atomic E-state index is 2.44. The van der Waals surface area contributed by atoms with Gasteiger partial charge in [-0.15, -0.1) is 0 Å². The van der Waals surface area contributed by atoms with Crippen molar-refractivity contribution in [1.29, 1.82) is 0 Å². The highest BCUT2D eigenvalue weighted by Crippen LogP contribution is 2.49. The number of rotatable bonds is 0. The molecule has 0 heteroatoms. The van der Waals surface area contributed by atoms with Gasteiger partial charge in [0, 0.05) is 0 Å². The van der Waals surface area contributed by atoms with E-state index >= 15 is 0 Å². The first-order chi connectivity index (χ1) is 5.77. The number of hydrogen-bond donors (Lipinski definition) is 0.